The first-order valence-electron chi connectivity index (χ1n) is 12.5. The Bertz CT molecular complexity index is 1410. The number of rotatable bonds is 6. The van der Waals surface area contributed by atoms with E-state index in [1.54, 1.807) is 0 Å². The normalized spacial score (nSPS) is 15.7. The summed E-state index contributed by atoms with van der Waals surface area (Å²) >= 11 is 0. The van der Waals surface area contributed by atoms with Crippen LogP contribution in [0.15, 0.2) is 72.8 Å². The predicted molar refractivity (Wildman–Crippen MR) is 148 cm³/mol. The number of carbonyl (C=O) groups is 2. The molecule has 0 saturated heterocycles. The fourth-order valence-electron chi connectivity index (χ4n) is 4.49. The van der Waals surface area contributed by atoms with Gasteiger partial charge in [-0.1, -0.05) is 54.5 Å². The van der Waals surface area contributed by atoms with Gasteiger partial charge in [-0.15, -0.1) is 0 Å². The van der Waals surface area contributed by atoms with Gasteiger partial charge in [0.1, 0.15) is 0 Å². The van der Waals surface area contributed by atoms with Gasteiger partial charge in [-0.25, -0.2) is 0 Å². The quantitative estimate of drug-likeness (QED) is 0.346. The molecule has 0 radical (unpaired) electrons. The van der Waals surface area contributed by atoms with Crippen LogP contribution < -0.4 is 16.0 Å². The highest BCUT2D eigenvalue weighted by molar-refractivity contribution is 6.37. The molecule has 0 bridgehead atoms. The van der Waals surface area contributed by atoms with E-state index in [9.17, 15) is 9.59 Å². The van der Waals surface area contributed by atoms with Crippen molar-refractivity contribution in [2.45, 2.75) is 31.8 Å². The molecule has 0 atom stereocenters. The molecule has 1 heterocycles. The van der Waals surface area contributed by atoms with E-state index in [-0.39, 0.29) is 17.9 Å². The van der Waals surface area contributed by atoms with Crippen molar-refractivity contribution >= 4 is 34.5 Å². The Kier molecular flexibility index (Phi) is 7.07. The zero-order valence-electron chi connectivity index (χ0n) is 21.1. The van der Waals surface area contributed by atoms with Gasteiger partial charge in [0.25, 0.3) is 11.8 Å². The molecule has 5 rings (SSSR count). The van der Waals surface area contributed by atoms with E-state index in [0.29, 0.717) is 16.8 Å². The summed E-state index contributed by atoms with van der Waals surface area (Å²) in [6, 6.07) is 23.9. The van der Waals surface area contributed by atoms with Crippen molar-refractivity contribution in [1.29, 1.82) is 0 Å². The first-order chi connectivity index (χ1) is 18.0. The molecule has 1 fully saturated rings. The van der Waals surface area contributed by atoms with Crippen LogP contribution in [0, 0.1) is 11.8 Å². The zero-order chi connectivity index (χ0) is 25.8. The third kappa shape index (κ3) is 5.74. The topological polar surface area (TPSA) is 73.5 Å². The Morgan fingerprint density at radius 2 is 1.78 bits per heavy atom. The molecule has 3 aromatic carbocycles. The van der Waals surface area contributed by atoms with Crippen LogP contribution in [0.2, 0.25) is 0 Å². The number of nitrogens with zero attached hydrogens (tertiary/aromatic N) is 1. The van der Waals surface area contributed by atoms with Gasteiger partial charge in [0.15, 0.2) is 0 Å². The van der Waals surface area contributed by atoms with Crippen LogP contribution in [-0.4, -0.2) is 36.9 Å². The molecule has 0 unspecified atom stereocenters. The number of fused-ring (bicyclic) bond motifs is 1. The molecule has 37 heavy (non-hydrogen) atoms. The lowest BCUT2D eigenvalue weighted by Crippen LogP contribution is -2.38. The highest BCUT2D eigenvalue weighted by Gasteiger charge is 2.28. The number of amides is 2. The van der Waals surface area contributed by atoms with Gasteiger partial charge in [0.05, 0.1) is 17.0 Å². The Hall–Kier alpha value is -4.34. The van der Waals surface area contributed by atoms with E-state index in [1.165, 1.54) is 5.56 Å². The number of hydrogen-bond donors (Lipinski definition) is 3. The fraction of sp³-hybridized carbons (Fsp3) is 0.226. The molecule has 2 aliphatic rings. The minimum Gasteiger partial charge on any atom is -0.354 e. The van der Waals surface area contributed by atoms with E-state index < -0.39 is 0 Å². The second kappa shape index (κ2) is 10.7. The van der Waals surface area contributed by atoms with E-state index in [2.05, 4.69) is 44.8 Å². The van der Waals surface area contributed by atoms with E-state index in [0.717, 1.165) is 48.3 Å². The van der Waals surface area contributed by atoms with Gasteiger partial charge in [-0.3, -0.25) is 9.59 Å². The van der Waals surface area contributed by atoms with Gasteiger partial charge >= 0.3 is 0 Å². The van der Waals surface area contributed by atoms with Gasteiger partial charge in [0, 0.05) is 35.3 Å². The molecule has 0 aromatic heterocycles. The molecule has 6 heteroatoms. The molecule has 3 N–H and O–H groups in total. The number of hydrogen-bond acceptors (Lipinski definition) is 4. The van der Waals surface area contributed by atoms with Crippen LogP contribution in [0.1, 0.15) is 41.5 Å². The Labute approximate surface area is 217 Å². The summed E-state index contributed by atoms with van der Waals surface area (Å²) in [4.78, 5) is 27.4. The van der Waals surface area contributed by atoms with E-state index in [1.807, 2.05) is 74.8 Å². The molecule has 3 aromatic rings. The van der Waals surface area contributed by atoms with Crippen molar-refractivity contribution in [3.8, 4) is 11.8 Å². The monoisotopic (exact) mass is 490 g/mol. The van der Waals surface area contributed by atoms with Crippen LogP contribution in [0.25, 0.3) is 11.3 Å². The Morgan fingerprint density at radius 1 is 1.03 bits per heavy atom. The van der Waals surface area contributed by atoms with Crippen molar-refractivity contribution in [2.75, 3.05) is 24.7 Å². The first kappa shape index (κ1) is 24.4. The average Bonchev–Trinajstić information content (AvgIpc) is 3.19. The highest BCUT2D eigenvalue weighted by atomic mass is 16.2. The highest BCUT2D eigenvalue weighted by Crippen LogP contribution is 2.38. The van der Waals surface area contributed by atoms with Crippen molar-refractivity contribution in [3.63, 3.8) is 0 Å². The molecular formula is C31H30N4O2. The molecule has 0 spiro atoms. The lowest BCUT2D eigenvalue weighted by Gasteiger charge is -2.25. The Morgan fingerprint density at radius 3 is 2.46 bits per heavy atom. The Balaban J connectivity index is 1.46. The predicted octanol–water partition coefficient (Wildman–Crippen LogP) is 4.70. The van der Waals surface area contributed by atoms with Crippen molar-refractivity contribution in [3.05, 3.63) is 95.1 Å². The van der Waals surface area contributed by atoms with Crippen molar-refractivity contribution in [1.82, 2.24) is 10.2 Å². The third-order valence-corrected chi connectivity index (χ3v) is 6.56. The van der Waals surface area contributed by atoms with Crippen LogP contribution in [0.3, 0.4) is 0 Å². The second-order valence-corrected chi connectivity index (χ2v) is 9.74. The van der Waals surface area contributed by atoms with E-state index >= 15 is 0 Å². The van der Waals surface area contributed by atoms with Crippen LogP contribution in [0.4, 0.5) is 11.4 Å². The summed E-state index contributed by atoms with van der Waals surface area (Å²) < 4.78 is 0. The standard InChI is InChI=1S/C31H30N4O2/c1-35(2)20-22-11-15-25(16-12-22)33-30(23-7-4-3-5-8-23)29-26-17-13-21(19-27(26)34-31(29)37)14-18-28(36)32-24-9-6-10-24/h3-5,7-8,11-13,15-17,19,24,33H,6,9-10,20H2,1-2H3,(H,32,36)(H,34,37)/b30-29+. The smallest absolute Gasteiger partial charge is 0.296 e. The maximum atomic E-state index is 13.2. The van der Waals surface area contributed by atoms with Crippen LogP contribution >= 0.6 is 0 Å². The number of nitrogens with one attached hydrogen (secondary N) is 3. The van der Waals surface area contributed by atoms with Crippen LogP contribution in [-0.2, 0) is 16.1 Å². The minimum absolute atomic E-state index is 0.182. The summed E-state index contributed by atoms with van der Waals surface area (Å²) in [6.45, 7) is 0.857. The molecule has 6 nitrogen and oxygen atoms in total. The van der Waals surface area contributed by atoms with Crippen molar-refractivity contribution in [2.24, 2.45) is 0 Å². The van der Waals surface area contributed by atoms with Crippen molar-refractivity contribution < 1.29 is 9.59 Å². The van der Waals surface area contributed by atoms with Gasteiger partial charge in [-0.05, 0) is 68.8 Å². The second-order valence-electron chi connectivity index (χ2n) is 9.74. The average molecular weight is 491 g/mol. The zero-order valence-corrected chi connectivity index (χ0v) is 21.1. The summed E-state index contributed by atoms with van der Waals surface area (Å²) in [7, 11) is 4.09. The molecule has 186 valence electrons. The number of carbonyl (C=O) groups excluding carboxylic acids is 2. The molecule has 1 aliphatic heterocycles. The summed E-state index contributed by atoms with van der Waals surface area (Å²) in [5.74, 6) is 5.15. The van der Waals surface area contributed by atoms with Gasteiger partial charge in [0.2, 0.25) is 0 Å². The number of benzene rings is 3. The summed E-state index contributed by atoms with van der Waals surface area (Å²) in [5.41, 5.74) is 6.48. The maximum absolute atomic E-state index is 13.2. The lowest BCUT2D eigenvalue weighted by atomic mass is 9.93. The van der Waals surface area contributed by atoms with Gasteiger partial charge in [-0.2, -0.15) is 0 Å². The summed E-state index contributed by atoms with van der Waals surface area (Å²) in [5, 5.41) is 9.40. The molecule has 1 aliphatic carbocycles. The molecule has 2 amide bonds. The molecule has 1 saturated carbocycles. The van der Waals surface area contributed by atoms with E-state index in [4.69, 9.17) is 0 Å². The van der Waals surface area contributed by atoms with Crippen LogP contribution in [0.5, 0.6) is 0 Å². The minimum atomic E-state index is -0.262. The summed E-state index contributed by atoms with van der Waals surface area (Å²) in [6.07, 6.45) is 3.19. The third-order valence-electron chi connectivity index (χ3n) is 6.56. The fourth-order valence-corrected chi connectivity index (χ4v) is 4.49. The van der Waals surface area contributed by atoms with Gasteiger partial charge < -0.3 is 20.9 Å². The maximum Gasteiger partial charge on any atom is 0.296 e. The number of anilines is 2. The first-order valence-corrected chi connectivity index (χ1v) is 12.5. The largest absolute Gasteiger partial charge is 0.354 e. The molecular weight excluding hydrogens is 460 g/mol. The SMILES string of the molecule is CN(C)Cc1ccc(N/C(=C2/C(=O)Nc3cc(C#CC(=O)NC4CCC4)ccc32)c2ccccc2)cc1. The lowest BCUT2D eigenvalue weighted by molar-refractivity contribution is -0.116.